The first kappa shape index (κ1) is 11.7. The van der Waals surface area contributed by atoms with Crippen LogP contribution >= 0.6 is 15.9 Å². The molecule has 0 aliphatic rings. The number of carboxylic acid groups (broad SMARTS) is 1. The Morgan fingerprint density at radius 3 is 2.76 bits per heavy atom. The highest BCUT2D eigenvalue weighted by Gasteiger charge is 2.19. The number of aromatic carboxylic acids is 1. The fraction of sp³-hybridized carbons (Fsp3) is 0.100. The van der Waals surface area contributed by atoms with Crippen LogP contribution in [0, 0.1) is 12.7 Å². The Bertz CT molecular complexity index is 577. The van der Waals surface area contributed by atoms with Crippen molar-refractivity contribution < 1.29 is 14.3 Å². The quantitative estimate of drug-likeness (QED) is 0.923. The molecule has 1 aromatic heterocycles. The third-order valence-corrected chi connectivity index (χ3v) is 2.89. The number of hydrogen-bond donors (Lipinski definition) is 1. The number of carboxylic acids is 1. The Kier molecular flexibility index (Phi) is 2.93. The second-order valence-corrected chi connectivity index (χ2v) is 4.17. The van der Waals surface area contributed by atoms with E-state index in [4.69, 9.17) is 5.11 Å². The monoisotopic (exact) mass is 299 g/mol. The molecule has 0 fully saturated rings. The van der Waals surface area contributed by atoms with Crippen LogP contribution in [0.15, 0.2) is 22.7 Å². The summed E-state index contributed by atoms with van der Waals surface area (Å²) < 4.78 is 15.3. The number of benzene rings is 1. The van der Waals surface area contributed by atoms with Gasteiger partial charge in [-0.05, 0) is 35.0 Å². The minimum atomic E-state index is -1.19. The molecule has 0 radical (unpaired) electrons. The largest absolute Gasteiger partial charge is 0.476 e. The first-order valence-electron chi connectivity index (χ1n) is 4.62. The zero-order chi connectivity index (χ0) is 12.6. The zero-order valence-electron chi connectivity index (χ0n) is 8.69. The summed E-state index contributed by atoms with van der Waals surface area (Å²) in [7, 11) is 0. The van der Waals surface area contributed by atoms with Gasteiger partial charge in [-0.1, -0.05) is 11.3 Å². The topological polar surface area (TPSA) is 68.0 Å². The molecule has 2 rings (SSSR count). The van der Waals surface area contributed by atoms with Crippen molar-refractivity contribution in [1.82, 2.24) is 15.0 Å². The SMILES string of the molecule is Cc1c(C(=O)O)nnn1-c1c(F)cccc1Br. The zero-order valence-corrected chi connectivity index (χ0v) is 10.3. The maximum absolute atomic E-state index is 13.7. The van der Waals surface area contributed by atoms with Crippen LogP contribution in [0.5, 0.6) is 0 Å². The van der Waals surface area contributed by atoms with Gasteiger partial charge in [0.05, 0.1) is 5.69 Å². The van der Waals surface area contributed by atoms with E-state index in [-0.39, 0.29) is 17.1 Å². The molecule has 2 aromatic rings. The Hall–Kier alpha value is -1.76. The van der Waals surface area contributed by atoms with Gasteiger partial charge in [-0.2, -0.15) is 0 Å². The van der Waals surface area contributed by atoms with Gasteiger partial charge in [-0.25, -0.2) is 13.9 Å². The lowest BCUT2D eigenvalue weighted by atomic mass is 10.3. The molecule has 0 amide bonds. The van der Waals surface area contributed by atoms with Crippen molar-refractivity contribution in [3.63, 3.8) is 0 Å². The normalized spacial score (nSPS) is 10.5. The summed E-state index contributed by atoms with van der Waals surface area (Å²) in [5, 5.41) is 16.0. The van der Waals surface area contributed by atoms with Gasteiger partial charge in [-0.15, -0.1) is 5.10 Å². The van der Waals surface area contributed by atoms with Crippen molar-refractivity contribution >= 4 is 21.9 Å². The Morgan fingerprint density at radius 2 is 2.24 bits per heavy atom. The molecule has 88 valence electrons. The number of aromatic nitrogens is 3. The predicted molar refractivity (Wildman–Crippen MR) is 60.7 cm³/mol. The lowest BCUT2D eigenvalue weighted by Crippen LogP contribution is -2.05. The van der Waals surface area contributed by atoms with Crippen molar-refractivity contribution in [1.29, 1.82) is 0 Å². The molecule has 17 heavy (non-hydrogen) atoms. The molecular formula is C10H7BrFN3O2. The minimum Gasteiger partial charge on any atom is -0.476 e. The molecule has 0 atom stereocenters. The van der Waals surface area contributed by atoms with Crippen LogP contribution in [0.25, 0.3) is 5.69 Å². The minimum absolute atomic E-state index is 0.144. The lowest BCUT2D eigenvalue weighted by Gasteiger charge is -2.06. The van der Waals surface area contributed by atoms with E-state index < -0.39 is 11.8 Å². The summed E-state index contributed by atoms with van der Waals surface area (Å²) in [5.74, 6) is -1.70. The van der Waals surface area contributed by atoms with Gasteiger partial charge in [0.1, 0.15) is 11.5 Å². The number of halogens is 2. The van der Waals surface area contributed by atoms with E-state index in [2.05, 4.69) is 26.2 Å². The smallest absolute Gasteiger partial charge is 0.358 e. The summed E-state index contributed by atoms with van der Waals surface area (Å²) >= 11 is 3.19. The van der Waals surface area contributed by atoms with E-state index in [1.54, 1.807) is 6.07 Å². The highest BCUT2D eigenvalue weighted by molar-refractivity contribution is 9.10. The number of nitrogens with zero attached hydrogens (tertiary/aromatic N) is 3. The van der Waals surface area contributed by atoms with Gasteiger partial charge >= 0.3 is 5.97 Å². The third kappa shape index (κ3) is 1.93. The van der Waals surface area contributed by atoms with Gasteiger partial charge in [0, 0.05) is 4.47 Å². The lowest BCUT2D eigenvalue weighted by molar-refractivity contribution is 0.0689. The maximum atomic E-state index is 13.7. The number of carbonyl (C=O) groups is 1. The maximum Gasteiger partial charge on any atom is 0.358 e. The van der Waals surface area contributed by atoms with Crippen molar-refractivity contribution in [3.05, 3.63) is 39.9 Å². The van der Waals surface area contributed by atoms with Crippen molar-refractivity contribution in [2.75, 3.05) is 0 Å². The summed E-state index contributed by atoms with van der Waals surface area (Å²) in [5.41, 5.74) is 0.216. The molecule has 1 heterocycles. The molecule has 0 aliphatic carbocycles. The first-order chi connectivity index (χ1) is 8.02. The van der Waals surface area contributed by atoms with Crippen LogP contribution < -0.4 is 0 Å². The number of hydrogen-bond acceptors (Lipinski definition) is 3. The molecule has 1 aromatic carbocycles. The fourth-order valence-corrected chi connectivity index (χ4v) is 1.94. The van der Waals surface area contributed by atoms with Crippen LogP contribution in [0.3, 0.4) is 0 Å². The van der Waals surface area contributed by atoms with Crippen molar-refractivity contribution in [2.45, 2.75) is 6.92 Å². The van der Waals surface area contributed by atoms with E-state index in [0.717, 1.165) is 4.68 Å². The van der Waals surface area contributed by atoms with Crippen LogP contribution in [0.2, 0.25) is 0 Å². The molecule has 0 spiro atoms. The Balaban J connectivity index is 2.66. The second kappa shape index (κ2) is 4.25. The predicted octanol–water partition coefficient (Wildman–Crippen LogP) is 2.18. The van der Waals surface area contributed by atoms with Crippen LogP contribution in [-0.2, 0) is 0 Å². The molecule has 0 saturated carbocycles. The molecule has 0 unspecified atom stereocenters. The first-order valence-corrected chi connectivity index (χ1v) is 5.41. The van der Waals surface area contributed by atoms with Crippen LogP contribution in [0.4, 0.5) is 4.39 Å². The molecule has 1 N–H and O–H groups in total. The van der Waals surface area contributed by atoms with E-state index in [9.17, 15) is 9.18 Å². The highest BCUT2D eigenvalue weighted by atomic mass is 79.9. The van der Waals surface area contributed by atoms with Gasteiger partial charge < -0.3 is 5.11 Å². The van der Waals surface area contributed by atoms with E-state index in [1.807, 2.05) is 0 Å². The van der Waals surface area contributed by atoms with E-state index in [1.165, 1.54) is 19.1 Å². The van der Waals surface area contributed by atoms with Crippen molar-refractivity contribution in [3.8, 4) is 5.69 Å². The molecule has 0 bridgehead atoms. The number of para-hydroxylation sites is 1. The standard InChI is InChI=1S/C10H7BrFN3O2/c1-5-8(10(16)17)13-14-15(5)9-6(11)3-2-4-7(9)12/h2-4H,1H3,(H,16,17). The second-order valence-electron chi connectivity index (χ2n) is 3.31. The summed E-state index contributed by atoms with van der Waals surface area (Å²) in [6.07, 6.45) is 0. The fourth-order valence-electron chi connectivity index (χ4n) is 1.43. The molecule has 0 aliphatic heterocycles. The summed E-state index contributed by atoms with van der Waals surface area (Å²) in [6.45, 7) is 1.52. The van der Waals surface area contributed by atoms with E-state index in [0.29, 0.717) is 4.47 Å². The molecular weight excluding hydrogens is 293 g/mol. The molecule has 5 nitrogen and oxygen atoms in total. The van der Waals surface area contributed by atoms with Gasteiger partial charge in [0.25, 0.3) is 0 Å². The van der Waals surface area contributed by atoms with Gasteiger partial charge in [0.2, 0.25) is 0 Å². The molecule has 7 heteroatoms. The Morgan fingerprint density at radius 1 is 1.53 bits per heavy atom. The van der Waals surface area contributed by atoms with E-state index >= 15 is 0 Å². The van der Waals surface area contributed by atoms with Gasteiger partial charge in [0.15, 0.2) is 5.69 Å². The van der Waals surface area contributed by atoms with Gasteiger partial charge in [-0.3, -0.25) is 0 Å². The van der Waals surface area contributed by atoms with Crippen LogP contribution in [-0.4, -0.2) is 26.1 Å². The Labute approximate surface area is 104 Å². The summed E-state index contributed by atoms with van der Waals surface area (Å²) in [6, 6.07) is 4.44. The average Bonchev–Trinajstić information content (AvgIpc) is 2.61. The average molecular weight is 300 g/mol. The van der Waals surface area contributed by atoms with Crippen molar-refractivity contribution in [2.24, 2.45) is 0 Å². The highest BCUT2D eigenvalue weighted by Crippen LogP contribution is 2.24. The molecule has 0 saturated heterocycles. The third-order valence-electron chi connectivity index (χ3n) is 2.25. The van der Waals surface area contributed by atoms with Crippen LogP contribution in [0.1, 0.15) is 16.2 Å². The number of rotatable bonds is 2. The summed E-state index contributed by atoms with van der Waals surface area (Å²) in [4.78, 5) is 10.8.